The monoisotopic (exact) mass is 1100 g/mol. The third-order valence-electron chi connectivity index (χ3n) is 11.6. The highest BCUT2D eigenvalue weighted by Gasteiger charge is 2.30. The van der Waals surface area contributed by atoms with E-state index in [0.29, 0.717) is 34.6 Å². The number of anilines is 2. The van der Waals surface area contributed by atoms with E-state index in [1.165, 1.54) is 0 Å². The number of hydrogen-bond donors (Lipinski definition) is 1. The van der Waals surface area contributed by atoms with Crippen molar-refractivity contribution in [1.82, 2.24) is 39.7 Å². The summed E-state index contributed by atoms with van der Waals surface area (Å²) in [6.07, 6.45) is 0. The third-order valence-corrected chi connectivity index (χ3v) is 14.3. The standard InChI is InChI=1S/C24H27BrClN5O2.C14H18Cl2N2O2.C10H10BrN3/c1-15-6-5-7-20(27-15)24-23(25)17(3)31(28-24)14-22(32)30-11-10-29(13-16(30)2)18-8-9-19(26)21(12-18)33-4;1-10-9-17(5-6-18(10)14(19)8-15)11-3-4-12(16)13(7-11)20-2;1-6-4-3-5-8(12-6)10-9(11)7(2)13-14-10/h5-9,12,16H,10-11,13-14H2,1-4H3;3-4,7,10H,5-6,8-9H2,1-2H3;3-5H,1-2H3,(H,13,14)/t16-;10-;/m00./s1. The number of aromatic amines is 1. The van der Waals surface area contributed by atoms with Crippen molar-refractivity contribution >= 4 is 89.9 Å². The van der Waals surface area contributed by atoms with Crippen molar-refractivity contribution in [2.24, 2.45) is 0 Å². The van der Waals surface area contributed by atoms with Gasteiger partial charge >= 0.3 is 0 Å². The highest BCUT2D eigenvalue weighted by Crippen LogP contribution is 2.33. The lowest BCUT2D eigenvalue weighted by atomic mass is 10.1. The zero-order valence-electron chi connectivity index (χ0n) is 38.8. The van der Waals surface area contributed by atoms with E-state index in [0.717, 1.165) is 92.1 Å². The minimum Gasteiger partial charge on any atom is -0.495 e. The van der Waals surface area contributed by atoms with Gasteiger partial charge in [0.2, 0.25) is 11.8 Å². The largest absolute Gasteiger partial charge is 0.495 e. The fourth-order valence-corrected chi connectivity index (χ4v) is 9.30. The van der Waals surface area contributed by atoms with Crippen LogP contribution in [0.2, 0.25) is 10.0 Å². The Balaban J connectivity index is 0.000000184. The fourth-order valence-electron chi connectivity index (χ4n) is 7.89. The van der Waals surface area contributed by atoms with Gasteiger partial charge in [-0.15, -0.1) is 11.6 Å². The number of aryl methyl sites for hydroxylation is 3. The predicted octanol–water partition coefficient (Wildman–Crippen LogP) is 10.2. The Hall–Kier alpha value is -4.87. The van der Waals surface area contributed by atoms with Crippen LogP contribution in [0.5, 0.6) is 11.5 Å². The Morgan fingerprint density at radius 1 is 0.701 bits per heavy atom. The normalized spacial score (nSPS) is 15.9. The quantitative estimate of drug-likeness (QED) is 0.139. The molecule has 0 bridgehead atoms. The Bertz CT molecular complexity index is 2680. The summed E-state index contributed by atoms with van der Waals surface area (Å²) < 4.78 is 14.2. The lowest BCUT2D eigenvalue weighted by molar-refractivity contribution is -0.134. The van der Waals surface area contributed by atoms with Gasteiger partial charge in [-0.25, -0.2) is 0 Å². The lowest BCUT2D eigenvalue weighted by Crippen LogP contribution is -2.54. The molecule has 8 rings (SSSR count). The van der Waals surface area contributed by atoms with Gasteiger partial charge in [-0.2, -0.15) is 10.2 Å². The number of H-pyrrole nitrogens is 1. The summed E-state index contributed by atoms with van der Waals surface area (Å²) in [5.74, 6) is 1.40. The number of amides is 2. The van der Waals surface area contributed by atoms with E-state index in [-0.39, 0.29) is 36.3 Å². The summed E-state index contributed by atoms with van der Waals surface area (Å²) in [6.45, 7) is 16.5. The molecule has 6 heterocycles. The molecule has 67 heavy (non-hydrogen) atoms. The number of carbonyl (C=O) groups excluding carboxylic acids is 2. The maximum absolute atomic E-state index is 13.2. The molecule has 0 saturated carbocycles. The zero-order valence-corrected chi connectivity index (χ0v) is 44.2. The number of nitrogens with one attached hydrogen (secondary N) is 1. The summed E-state index contributed by atoms with van der Waals surface area (Å²) in [5.41, 5.74) is 9.23. The van der Waals surface area contributed by atoms with Crippen molar-refractivity contribution in [1.29, 1.82) is 0 Å². The first-order chi connectivity index (χ1) is 32.0. The Labute approximate surface area is 424 Å². The van der Waals surface area contributed by atoms with Gasteiger partial charge < -0.3 is 29.1 Å². The van der Waals surface area contributed by atoms with Gasteiger partial charge in [-0.1, -0.05) is 35.3 Å². The molecule has 0 spiro atoms. The maximum atomic E-state index is 13.2. The molecule has 0 aliphatic carbocycles. The first kappa shape index (κ1) is 51.5. The zero-order chi connectivity index (χ0) is 48.5. The number of piperazine rings is 2. The van der Waals surface area contributed by atoms with Crippen molar-refractivity contribution in [3.8, 4) is 34.3 Å². The number of methoxy groups -OCH3 is 2. The summed E-state index contributed by atoms with van der Waals surface area (Å²) >= 11 is 24.9. The summed E-state index contributed by atoms with van der Waals surface area (Å²) in [6, 6.07) is 23.4. The molecular formula is C48H55Br2Cl3N10O4. The highest BCUT2D eigenvalue weighted by atomic mass is 79.9. The van der Waals surface area contributed by atoms with Gasteiger partial charge in [0.15, 0.2) is 0 Å². The molecule has 1 N–H and O–H groups in total. The molecule has 14 nitrogen and oxygen atoms in total. The van der Waals surface area contributed by atoms with Crippen molar-refractivity contribution in [3.63, 3.8) is 0 Å². The number of rotatable bonds is 9. The van der Waals surface area contributed by atoms with E-state index >= 15 is 0 Å². The molecule has 0 radical (unpaired) electrons. The Morgan fingerprint density at radius 3 is 1.63 bits per heavy atom. The number of halogens is 5. The average Bonchev–Trinajstić information content (AvgIpc) is 3.80. The molecule has 356 valence electrons. The second kappa shape index (κ2) is 23.4. The minimum absolute atomic E-state index is 0.00694. The average molecular weight is 1100 g/mol. The number of pyridine rings is 2. The van der Waals surface area contributed by atoms with Crippen molar-refractivity contribution in [2.45, 2.75) is 60.2 Å². The lowest BCUT2D eigenvalue weighted by Gasteiger charge is -2.41. The Morgan fingerprint density at radius 2 is 1.19 bits per heavy atom. The highest BCUT2D eigenvalue weighted by molar-refractivity contribution is 9.11. The Kier molecular flexibility index (Phi) is 18.0. The van der Waals surface area contributed by atoms with Crippen molar-refractivity contribution < 1.29 is 19.1 Å². The van der Waals surface area contributed by atoms with Crippen molar-refractivity contribution in [2.75, 3.05) is 69.2 Å². The molecule has 2 aliphatic rings. The number of ether oxygens (including phenoxy) is 2. The molecule has 2 amide bonds. The second-order valence-electron chi connectivity index (χ2n) is 16.3. The molecule has 2 saturated heterocycles. The molecule has 6 aromatic rings. The molecule has 2 fully saturated rings. The number of aromatic nitrogens is 6. The van der Waals surface area contributed by atoms with Crippen LogP contribution in [-0.2, 0) is 16.1 Å². The van der Waals surface area contributed by atoms with Crippen LogP contribution < -0.4 is 19.3 Å². The number of alkyl halides is 1. The number of carbonyl (C=O) groups is 2. The van der Waals surface area contributed by atoms with Crippen LogP contribution in [-0.4, -0.2) is 123 Å². The van der Waals surface area contributed by atoms with Crippen LogP contribution in [0.15, 0.2) is 81.7 Å². The molecule has 19 heteroatoms. The predicted molar refractivity (Wildman–Crippen MR) is 275 cm³/mol. The van der Waals surface area contributed by atoms with Crippen LogP contribution in [0.1, 0.15) is 36.6 Å². The van der Waals surface area contributed by atoms with E-state index in [9.17, 15) is 9.59 Å². The van der Waals surface area contributed by atoms with Gasteiger partial charge in [0.1, 0.15) is 35.3 Å². The van der Waals surface area contributed by atoms with Gasteiger partial charge in [-0.05, 0) is 122 Å². The topological polar surface area (TPSA) is 138 Å². The van der Waals surface area contributed by atoms with Crippen LogP contribution in [0.25, 0.3) is 22.8 Å². The number of nitrogens with zero attached hydrogens (tertiary/aromatic N) is 9. The molecular weight excluding hydrogens is 1050 g/mol. The van der Waals surface area contributed by atoms with E-state index in [4.69, 9.17) is 49.4 Å². The summed E-state index contributed by atoms with van der Waals surface area (Å²) in [5, 5.41) is 13.0. The van der Waals surface area contributed by atoms with Crippen molar-refractivity contribution in [3.05, 3.63) is 115 Å². The second-order valence-corrected chi connectivity index (χ2v) is 18.9. The molecule has 0 unspecified atom stereocenters. The van der Waals surface area contributed by atoms with Crippen LogP contribution in [0.3, 0.4) is 0 Å². The third kappa shape index (κ3) is 12.6. The maximum Gasteiger partial charge on any atom is 0.244 e. The smallest absolute Gasteiger partial charge is 0.244 e. The minimum atomic E-state index is -0.00694. The molecule has 2 atom stereocenters. The molecule has 2 aliphatic heterocycles. The molecule has 2 aromatic carbocycles. The molecule has 4 aromatic heterocycles. The first-order valence-electron chi connectivity index (χ1n) is 21.7. The van der Waals surface area contributed by atoms with E-state index < -0.39 is 0 Å². The van der Waals surface area contributed by atoms with Gasteiger partial charge in [0.05, 0.1) is 50.3 Å². The van der Waals surface area contributed by atoms with Gasteiger partial charge in [0.25, 0.3) is 0 Å². The van der Waals surface area contributed by atoms with Gasteiger partial charge in [-0.3, -0.25) is 29.3 Å². The van der Waals surface area contributed by atoms with Crippen LogP contribution >= 0.6 is 66.7 Å². The van der Waals surface area contributed by atoms with Crippen LogP contribution in [0.4, 0.5) is 11.4 Å². The summed E-state index contributed by atoms with van der Waals surface area (Å²) in [4.78, 5) is 42.1. The fraction of sp³-hybridized carbons (Fsp3) is 0.375. The SMILES string of the molecule is COc1cc(N2CCN(C(=O)CCl)[C@@H](C)C2)ccc1Cl.COc1cc(N2CCN(C(=O)Cn3nc(-c4cccc(C)n4)c(Br)c3C)[C@@H](C)C2)ccc1Cl.Cc1cccc(-c2n[nH]c(C)c2Br)n1. The van der Waals surface area contributed by atoms with E-state index in [1.54, 1.807) is 18.9 Å². The van der Waals surface area contributed by atoms with E-state index in [1.807, 2.05) is 117 Å². The number of hydrogen-bond acceptors (Lipinski definition) is 10. The summed E-state index contributed by atoms with van der Waals surface area (Å²) in [7, 11) is 3.21. The van der Waals surface area contributed by atoms with Gasteiger partial charge in [0, 0.05) is 91.9 Å². The first-order valence-corrected chi connectivity index (χ1v) is 24.5. The van der Waals surface area contributed by atoms with Crippen LogP contribution in [0, 0.1) is 27.7 Å². The number of benzene rings is 2. The van der Waals surface area contributed by atoms with E-state index in [2.05, 4.69) is 68.7 Å².